The number of anilines is 1. The lowest BCUT2D eigenvalue weighted by Gasteiger charge is -2.29. The van der Waals surface area contributed by atoms with Crippen molar-refractivity contribution in [2.75, 3.05) is 11.9 Å². The Hall–Kier alpha value is -0.640. The van der Waals surface area contributed by atoms with Gasteiger partial charge < -0.3 is 5.32 Å². The molecule has 84 valence electrons. The molecule has 0 aliphatic rings. The van der Waals surface area contributed by atoms with Gasteiger partial charge in [0.25, 0.3) is 0 Å². The molecule has 1 heterocycles. The average Bonchev–Trinajstić information content (AvgIpc) is 2.17. The largest absolute Gasteiger partial charge is 0.354 e. The monoisotopic (exact) mass is 271 g/mol. The number of rotatable bonds is 4. The van der Waals surface area contributed by atoms with Crippen molar-refractivity contribution in [2.45, 2.75) is 27.7 Å². The molecule has 0 saturated heterocycles. The van der Waals surface area contributed by atoms with E-state index in [-0.39, 0.29) is 5.41 Å². The molecular weight excluding hydrogens is 254 g/mol. The summed E-state index contributed by atoms with van der Waals surface area (Å²) in [4.78, 5) is 8.34. The van der Waals surface area contributed by atoms with Crippen molar-refractivity contribution in [3.8, 4) is 0 Å². The molecule has 1 N–H and O–H groups in total. The van der Waals surface area contributed by atoms with E-state index in [9.17, 15) is 0 Å². The first kappa shape index (κ1) is 12.4. The Balaban J connectivity index is 2.54. The molecule has 15 heavy (non-hydrogen) atoms. The van der Waals surface area contributed by atoms with Crippen LogP contribution in [0.25, 0.3) is 0 Å². The molecular formula is C11H18BrN3. The van der Waals surface area contributed by atoms with E-state index in [1.807, 2.05) is 0 Å². The first-order valence-electron chi connectivity index (χ1n) is 5.13. The first-order chi connectivity index (χ1) is 6.92. The third-order valence-electron chi connectivity index (χ3n) is 2.89. The van der Waals surface area contributed by atoms with E-state index < -0.39 is 0 Å². The topological polar surface area (TPSA) is 37.8 Å². The van der Waals surface area contributed by atoms with Crippen molar-refractivity contribution in [1.29, 1.82) is 0 Å². The molecule has 1 aromatic rings. The van der Waals surface area contributed by atoms with Crippen molar-refractivity contribution in [3.05, 3.63) is 16.9 Å². The third kappa shape index (κ3) is 3.78. The summed E-state index contributed by atoms with van der Waals surface area (Å²) >= 11 is 3.31. The second kappa shape index (κ2) is 4.92. The van der Waals surface area contributed by atoms with Gasteiger partial charge in [-0.15, -0.1) is 0 Å². The smallest absolute Gasteiger partial charge is 0.222 e. The van der Waals surface area contributed by atoms with E-state index in [2.05, 4.69) is 58.9 Å². The first-order valence-corrected chi connectivity index (χ1v) is 5.92. The lowest BCUT2D eigenvalue weighted by molar-refractivity contribution is 0.269. The predicted molar refractivity (Wildman–Crippen MR) is 66.8 cm³/mol. The number of nitrogens with one attached hydrogen (secondary N) is 1. The zero-order valence-corrected chi connectivity index (χ0v) is 11.3. The van der Waals surface area contributed by atoms with Crippen molar-refractivity contribution >= 4 is 21.9 Å². The zero-order chi connectivity index (χ0) is 11.5. The van der Waals surface area contributed by atoms with Gasteiger partial charge >= 0.3 is 0 Å². The summed E-state index contributed by atoms with van der Waals surface area (Å²) in [6.45, 7) is 9.81. The highest BCUT2D eigenvalue weighted by molar-refractivity contribution is 9.10. The molecule has 0 saturated carbocycles. The van der Waals surface area contributed by atoms with Crippen LogP contribution >= 0.6 is 15.9 Å². The van der Waals surface area contributed by atoms with Crippen LogP contribution < -0.4 is 5.32 Å². The highest BCUT2D eigenvalue weighted by Gasteiger charge is 2.22. The van der Waals surface area contributed by atoms with Crippen molar-refractivity contribution < 1.29 is 0 Å². The summed E-state index contributed by atoms with van der Waals surface area (Å²) < 4.78 is 0.899. The molecule has 0 unspecified atom stereocenters. The maximum atomic E-state index is 4.17. The molecule has 0 aliphatic heterocycles. The number of nitrogens with zero attached hydrogens (tertiary/aromatic N) is 2. The Labute approximate surface area is 99.8 Å². The van der Waals surface area contributed by atoms with Gasteiger partial charge in [0.1, 0.15) is 0 Å². The lowest BCUT2D eigenvalue weighted by Crippen LogP contribution is -2.29. The van der Waals surface area contributed by atoms with Crippen molar-refractivity contribution in [3.63, 3.8) is 0 Å². The molecule has 0 aromatic carbocycles. The van der Waals surface area contributed by atoms with Crippen LogP contribution in [-0.2, 0) is 0 Å². The highest BCUT2D eigenvalue weighted by Crippen LogP contribution is 2.25. The van der Waals surface area contributed by atoms with Gasteiger partial charge in [-0.25, -0.2) is 9.97 Å². The van der Waals surface area contributed by atoms with Crippen LogP contribution in [-0.4, -0.2) is 16.5 Å². The maximum Gasteiger partial charge on any atom is 0.222 e. The maximum absolute atomic E-state index is 4.17. The fourth-order valence-electron chi connectivity index (χ4n) is 0.915. The van der Waals surface area contributed by atoms with Crippen LogP contribution in [0.1, 0.15) is 27.7 Å². The Kier molecular flexibility index (Phi) is 4.08. The van der Waals surface area contributed by atoms with Crippen LogP contribution in [0, 0.1) is 11.3 Å². The van der Waals surface area contributed by atoms with Gasteiger partial charge in [0.2, 0.25) is 5.95 Å². The zero-order valence-electron chi connectivity index (χ0n) is 9.71. The molecule has 0 spiro atoms. The summed E-state index contributed by atoms with van der Waals surface area (Å²) in [6, 6.07) is 0. The molecule has 3 nitrogen and oxygen atoms in total. The lowest BCUT2D eigenvalue weighted by atomic mass is 9.81. The van der Waals surface area contributed by atoms with Gasteiger partial charge in [-0.3, -0.25) is 0 Å². The minimum atomic E-state index is 0.246. The van der Waals surface area contributed by atoms with Gasteiger partial charge in [0.05, 0.1) is 4.47 Å². The van der Waals surface area contributed by atoms with E-state index in [0.717, 1.165) is 11.0 Å². The van der Waals surface area contributed by atoms with E-state index in [1.165, 1.54) is 0 Å². The Morgan fingerprint density at radius 3 is 2.33 bits per heavy atom. The van der Waals surface area contributed by atoms with Gasteiger partial charge in [0.15, 0.2) is 0 Å². The molecule has 1 aromatic heterocycles. The Bertz CT molecular complexity index is 306. The molecule has 0 radical (unpaired) electrons. The fraction of sp³-hybridized carbons (Fsp3) is 0.636. The third-order valence-corrected chi connectivity index (χ3v) is 3.29. The predicted octanol–water partition coefficient (Wildman–Crippen LogP) is 3.33. The molecule has 0 aliphatic carbocycles. The van der Waals surface area contributed by atoms with Crippen LogP contribution in [0.4, 0.5) is 5.95 Å². The fourth-order valence-corrected chi connectivity index (χ4v) is 1.12. The van der Waals surface area contributed by atoms with Crippen LogP contribution in [0.2, 0.25) is 0 Å². The van der Waals surface area contributed by atoms with E-state index in [4.69, 9.17) is 0 Å². The van der Waals surface area contributed by atoms with Gasteiger partial charge in [0, 0.05) is 18.9 Å². The quantitative estimate of drug-likeness (QED) is 0.913. The van der Waals surface area contributed by atoms with E-state index in [0.29, 0.717) is 11.9 Å². The summed E-state index contributed by atoms with van der Waals surface area (Å²) in [5.74, 6) is 1.31. The molecule has 1 rings (SSSR count). The Morgan fingerprint density at radius 1 is 1.33 bits per heavy atom. The van der Waals surface area contributed by atoms with Crippen LogP contribution in [0.5, 0.6) is 0 Å². The summed E-state index contributed by atoms with van der Waals surface area (Å²) in [6.07, 6.45) is 3.50. The number of hydrogen-bond donors (Lipinski definition) is 1. The van der Waals surface area contributed by atoms with E-state index >= 15 is 0 Å². The van der Waals surface area contributed by atoms with Crippen molar-refractivity contribution in [1.82, 2.24) is 9.97 Å². The standard InChI is InChI=1S/C11H18BrN3/c1-8(2)11(3,4)7-15-10-13-5-9(12)6-14-10/h5-6,8H,7H2,1-4H3,(H,13,14,15). The summed E-state index contributed by atoms with van der Waals surface area (Å²) in [5, 5.41) is 3.25. The SMILES string of the molecule is CC(C)C(C)(C)CNc1ncc(Br)cn1. The average molecular weight is 272 g/mol. The second-order valence-electron chi connectivity index (χ2n) is 4.72. The molecule has 0 amide bonds. The minimum absolute atomic E-state index is 0.246. The highest BCUT2D eigenvalue weighted by atomic mass is 79.9. The normalized spacial score (nSPS) is 11.9. The van der Waals surface area contributed by atoms with Gasteiger partial charge in [-0.1, -0.05) is 27.7 Å². The second-order valence-corrected chi connectivity index (χ2v) is 5.64. The van der Waals surface area contributed by atoms with Crippen LogP contribution in [0.3, 0.4) is 0 Å². The number of halogens is 1. The summed E-state index contributed by atoms with van der Waals surface area (Å²) in [7, 11) is 0. The molecule has 4 heteroatoms. The number of aromatic nitrogens is 2. The summed E-state index contributed by atoms with van der Waals surface area (Å²) in [5.41, 5.74) is 0.246. The van der Waals surface area contributed by atoms with Gasteiger partial charge in [-0.2, -0.15) is 0 Å². The molecule has 0 bridgehead atoms. The van der Waals surface area contributed by atoms with Gasteiger partial charge in [-0.05, 0) is 27.3 Å². The van der Waals surface area contributed by atoms with Crippen molar-refractivity contribution in [2.24, 2.45) is 11.3 Å². The van der Waals surface area contributed by atoms with E-state index in [1.54, 1.807) is 12.4 Å². The van der Waals surface area contributed by atoms with Crippen LogP contribution in [0.15, 0.2) is 16.9 Å². The minimum Gasteiger partial charge on any atom is -0.354 e. The number of hydrogen-bond acceptors (Lipinski definition) is 3. The Morgan fingerprint density at radius 2 is 1.87 bits per heavy atom. The molecule has 0 fully saturated rings. The molecule has 0 atom stereocenters.